The predicted octanol–water partition coefficient (Wildman–Crippen LogP) is 3.92. The van der Waals surface area contributed by atoms with Crippen molar-refractivity contribution in [3.05, 3.63) is 40.4 Å². The van der Waals surface area contributed by atoms with Gasteiger partial charge >= 0.3 is 0 Å². The van der Waals surface area contributed by atoms with Crippen molar-refractivity contribution in [2.24, 2.45) is 0 Å². The number of rotatable bonds is 7. The number of aryl methyl sites for hydroxylation is 1. The van der Waals surface area contributed by atoms with E-state index in [0.29, 0.717) is 4.47 Å². The van der Waals surface area contributed by atoms with E-state index in [1.807, 2.05) is 24.6 Å². The second kappa shape index (κ2) is 7.56. The first kappa shape index (κ1) is 16.0. The Bertz CT molecular complexity index is 601. The summed E-state index contributed by atoms with van der Waals surface area (Å²) >= 11 is 3.21. The number of hydrogen-bond donors (Lipinski definition) is 1. The van der Waals surface area contributed by atoms with Crippen LogP contribution in [0.25, 0.3) is 5.69 Å². The Kier molecular flexibility index (Phi) is 5.76. The fourth-order valence-corrected chi connectivity index (χ4v) is 2.34. The molecule has 0 aliphatic heterocycles. The molecule has 0 aliphatic rings. The Labute approximate surface area is 132 Å². The Morgan fingerprint density at radius 2 is 2.24 bits per heavy atom. The van der Waals surface area contributed by atoms with Gasteiger partial charge in [0.15, 0.2) is 0 Å². The Morgan fingerprint density at radius 3 is 2.95 bits per heavy atom. The Morgan fingerprint density at radius 1 is 1.43 bits per heavy atom. The highest BCUT2D eigenvalue weighted by molar-refractivity contribution is 9.10. The minimum atomic E-state index is -0.276. The lowest BCUT2D eigenvalue weighted by atomic mass is 10.3. The zero-order chi connectivity index (χ0) is 15.2. The number of halogens is 2. The van der Waals surface area contributed by atoms with Crippen LogP contribution in [0.2, 0.25) is 0 Å². The van der Waals surface area contributed by atoms with Gasteiger partial charge in [0.05, 0.1) is 10.2 Å². The second-order valence-corrected chi connectivity index (χ2v) is 5.51. The number of anilines is 1. The summed E-state index contributed by atoms with van der Waals surface area (Å²) in [6.07, 6.45) is 2.83. The van der Waals surface area contributed by atoms with Crippen LogP contribution in [0, 0.1) is 12.7 Å². The van der Waals surface area contributed by atoms with Gasteiger partial charge in [0.1, 0.15) is 5.82 Å². The van der Waals surface area contributed by atoms with E-state index in [2.05, 4.69) is 26.2 Å². The molecule has 0 bridgehead atoms. The number of hydrogen-bond acceptors (Lipinski definition) is 3. The highest BCUT2D eigenvalue weighted by Crippen LogP contribution is 2.22. The summed E-state index contributed by atoms with van der Waals surface area (Å²) < 4.78 is 21.0. The molecule has 21 heavy (non-hydrogen) atoms. The number of nitrogens with zero attached hydrogens (tertiary/aromatic N) is 2. The Balaban J connectivity index is 2.10. The fourth-order valence-electron chi connectivity index (χ4n) is 1.97. The van der Waals surface area contributed by atoms with E-state index >= 15 is 0 Å². The van der Waals surface area contributed by atoms with Crippen LogP contribution in [0.1, 0.15) is 19.0 Å². The normalized spacial score (nSPS) is 10.9. The molecule has 6 heteroatoms. The number of ether oxygens (including phenoxy) is 1. The van der Waals surface area contributed by atoms with Crippen LogP contribution in [0.4, 0.5) is 10.3 Å². The van der Waals surface area contributed by atoms with Crippen molar-refractivity contribution in [3.63, 3.8) is 0 Å². The zero-order valence-corrected chi connectivity index (χ0v) is 13.8. The molecule has 0 unspecified atom stereocenters. The first-order valence-corrected chi connectivity index (χ1v) is 7.74. The van der Waals surface area contributed by atoms with Crippen LogP contribution in [0.5, 0.6) is 0 Å². The summed E-state index contributed by atoms with van der Waals surface area (Å²) in [4.78, 5) is 4.46. The second-order valence-electron chi connectivity index (χ2n) is 4.65. The van der Waals surface area contributed by atoms with Crippen LogP contribution in [0.3, 0.4) is 0 Å². The van der Waals surface area contributed by atoms with Gasteiger partial charge in [0.25, 0.3) is 0 Å². The highest BCUT2D eigenvalue weighted by atomic mass is 79.9. The molecule has 0 spiro atoms. The van der Waals surface area contributed by atoms with Gasteiger partial charge in [0.2, 0.25) is 5.95 Å². The molecule has 2 aromatic rings. The molecule has 1 aromatic heterocycles. The lowest BCUT2D eigenvalue weighted by Gasteiger charge is -2.10. The zero-order valence-electron chi connectivity index (χ0n) is 12.2. The third kappa shape index (κ3) is 4.28. The van der Waals surface area contributed by atoms with Gasteiger partial charge in [-0.15, -0.1) is 0 Å². The molecule has 0 aliphatic carbocycles. The van der Waals surface area contributed by atoms with Crippen molar-refractivity contribution in [2.45, 2.75) is 20.3 Å². The van der Waals surface area contributed by atoms with E-state index in [1.165, 1.54) is 6.07 Å². The van der Waals surface area contributed by atoms with Crippen molar-refractivity contribution < 1.29 is 9.13 Å². The summed E-state index contributed by atoms with van der Waals surface area (Å²) in [5.41, 5.74) is 1.76. The largest absolute Gasteiger partial charge is 0.382 e. The van der Waals surface area contributed by atoms with Crippen molar-refractivity contribution >= 4 is 21.9 Å². The number of aromatic nitrogens is 2. The van der Waals surface area contributed by atoms with Crippen LogP contribution in [0.15, 0.2) is 28.9 Å². The SMILES string of the molecule is CCOCCCNc1nc(C)cn1-c1ccc(F)c(Br)c1. The minimum absolute atomic E-state index is 0.276. The van der Waals surface area contributed by atoms with E-state index in [1.54, 1.807) is 12.1 Å². The average Bonchev–Trinajstić information content (AvgIpc) is 2.83. The summed E-state index contributed by atoms with van der Waals surface area (Å²) in [6, 6.07) is 4.90. The van der Waals surface area contributed by atoms with Crippen molar-refractivity contribution in [3.8, 4) is 5.69 Å². The van der Waals surface area contributed by atoms with E-state index in [0.717, 1.165) is 43.5 Å². The van der Waals surface area contributed by atoms with Gasteiger partial charge in [-0.05, 0) is 54.4 Å². The molecule has 4 nitrogen and oxygen atoms in total. The van der Waals surface area contributed by atoms with Crippen LogP contribution < -0.4 is 5.32 Å². The highest BCUT2D eigenvalue weighted by Gasteiger charge is 2.09. The van der Waals surface area contributed by atoms with Crippen molar-refractivity contribution in [1.82, 2.24) is 9.55 Å². The minimum Gasteiger partial charge on any atom is -0.382 e. The fraction of sp³-hybridized carbons (Fsp3) is 0.400. The van der Waals surface area contributed by atoms with Crippen LogP contribution in [-0.2, 0) is 4.74 Å². The first-order valence-electron chi connectivity index (χ1n) is 6.95. The molecule has 114 valence electrons. The summed E-state index contributed by atoms with van der Waals surface area (Å²) in [5, 5.41) is 3.29. The number of nitrogens with one attached hydrogen (secondary N) is 1. The van der Waals surface area contributed by atoms with E-state index in [-0.39, 0.29) is 5.82 Å². The first-order chi connectivity index (χ1) is 10.1. The van der Waals surface area contributed by atoms with Gasteiger partial charge in [-0.3, -0.25) is 4.57 Å². The smallest absolute Gasteiger partial charge is 0.207 e. The lowest BCUT2D eigenvalue weighted by Crippen LogP contribution is -2.10. The molecule has 0 atom stereocenters. The molecule has 0 radical (unpaired) electrons. The van der Waals surface area contributed by atoms with Crippen LogP contribution >= 0.6 is 15.9 Å². The van der Waals surface area contributed by atoms with Crippen LogP contribution in [-0.4, -0.2) is 29.3 Å². The Hall–Kier alpha value is -1.40. The molecule has 0 saturated carbocycles. The molecule has 0 fully saturated rings. The van der Waals surface area contributed by atoms with Gasteiger partial charge in [0, 0.05) is 31.6 Å². The lowest BCUT2D eigenvalue weighted by molar-refractivity contribution is 0.147. The maximum Gasteiger partial charge on any atom is 0.207 e. The van der Waals surface area contributed by atoms with Crippen molar-refractivity contribution in [1.29, 1.82) is 0 Å². The number of benzene rings is 1. The summed E-state index contributed by atoms with van der Waals surface area (Å²) in [6.45, 7) is 6.15. The van der Waals surface area contributed by atoms with Crippen molar-refractivity contribution in [2.75, 3.05) is 25.1 Å². The number of imidazole rings is 1. The van der Waals surface area contributed by atoms with Gasteiger partial charge in [-0.2, -0.15) is 0 Å². The predicted molar refractivity (Wildman–Crippen MR) is 85.6 cm³/mol. The molecule has 1 heterocycles. The third-order valence-corrected chi connectivity index (χ3v) is 3.57. The standard InChI is InChI=1S/C15H19BrFN3O/c1-3-21-8-4-7-18-15-19-11(2)10-20(15)12-5-6-14(17)13(16)9-12/h5-6,9-10H,3-4,7-8H2,1-2H3,(H,18,19). The third-order valence-electron chi connectivity index (χ3n) is 2.96. The molecule has 2 rings (SSSR count). The summed E-state index contributed by atoms with van der Waals surface area (Å²) in [7, 11) is 0. The van der Waals surface area contributed by atoms with Gasteiger partial charge in [-0.1, -0.05) is 0 Å². The molecule has 1 aromatic carbocycles. The summed E-state index contributed by atoms with van der Waals surface area (Å²) in [5.74, 6) is 0.476. The maximum absolute atomic E-state index is 13.3. The topological polar surface area (TPSA) is 39.1 Å². The maximum atomic E-state index is 13.3. The van der Waals surface area contributed by atoms with Gasteiger partial charge in [-0.25, -0.2) is 9.37 Å². The molecule has 0 amide bonds. The molecular formula is C15H19BrFN3O. The van der Waals surface area contributed by atoms with E-state index in [9.17, 15) is 4.39 Å². The van der Waals surface area contributed by atoms with E-state index in [4.69, 9.17) is 4.74 Å². The molecule has 1 N–H and O–H groups in total. The quantitative estimate of drug-likeness (QED) is 0.765. The van der Waals surface area contributed by atoms with E-state index < -0.39 is 0 Å². The van der Waals surface area contributed by atoms with Gasteiger partial charge < -0.3 is 10.1 Å². The monoisotopic (exact) mass is 355 g/mol. The average molecular weight is 356 g/mol. The molecule has 0 saturated heterocycles. The molecular weight excluding hydrogens is 337 g/mol.